The third-order valence-electron chi connectivity index (χ3n) is 8.39. The highest BCUT2D eigenvalue weighted by Gasteiger charge is 2.47. The molecule has 3 fully saturated rings. The molecule has 1 saturated carbocycles. The van der Waals surface area contributed by atoms with E-state index in [2.05, 4.69) is 20.1 Å². The summed E-state index contributed by atoms with van der Waals surface area (Å²) >= 11 is 0. The first-order chi connectivity index (χ1) is 18.3. The SMILES string of the molecule is Cn1cnnc1[C@@H](c1cccc(-c2nc3cc(CN4CCC5(CC5)C4)cc(C(F)(F)F)c3o2)c1)C1COC1. The number of alkyl halides is 3. The van der Waals surface area contributed by atoms with Crippen LogP contribution in [0.1, 0.15) is 47.7 Å². The van der Waals surface area contributed by atoms with Crippen molar-refractivity contribution >= 4 is 11.1 Å². The van der Waals surface area contributed by atoms with Crippen molar-refractivity contribution in [3.8, 4) is 11.5 Å². The third-order valence-corrected chi connectivity index (χ3v) is 8.39. The first-order valence-corrected chi connectivity index (χ1v) is 13.0. The zero-order valence-electron chi connectivity index (χ0n) is 21.0. The molecule has 0 unspecified atom stereocenters. The van der Waals surface area contributed by atoms with Gasteiger partial charge in [0.25, 0.3) is 0 Å². The van der Waals surface area contributed by atoms with E-state index in [1.165, 1.54) is 18.9 Å². The lowest BCUT2D eigenvalue weighted by Crippen LogP contribution is -2.34. The zero-order chi connectivity index (χ0) is 26.1. The van der Waals surface area contributed by atoms with E-state index < -0.39 is 11.7 Å². The summed E-state index contributed by atoms with van der Waals surface area (Å²) in [6.07, 6.45) is 0.709. The molecule has 1 spiro atoms. The number of nitrogens with zero attached hydrogens (tertiary/aromatic N) is 5. The van der Waals surface area contributed by atoms with Gasteiger partial charge in [-0.15, -0.1) is 10.2 Å². The van der Waals surface area contributed by atoms with Gasteiger partial charge in [-0.05, 0) is 66.6 Å². The highest BCUT2D eigenvalue weighted by molar-refractivity contribution is 5.81. The highest BCUT2D eigenvalue weighted by Crippen LogP contribution is 2.53. The number of rotatable bonds is 6. The van der Waals surface area contributed by atoms with Crippen LogP contribution in [0.4, 0.5) is 13.2 Å². The maximum atomic E-state index is 14.1. The van der Waals surface area contributed by atoms with E-state index in [9.17, 15) is 13.2 Å². The lowest BCUT2D eigenvalue weighted by molar-refractivity contribution is -0.136. The average Bonchev–Trinajstić information content (AvgIpc) is 3.15. The summed E-state index contributed by atoms with van der Waals surface area (Å²) in [7, 11) is 1.90. The van der Waals surface area contributed by atoms with Gasteiger partial charge in [-0.2, -0.15) is 13.2 Å². The lowest BCUT2D eigenvalue weighted by atomic mass is 9.83. The molecule has 2 saturated heterocycles. The molecule has 2 aromatic heterocycles. The van der Waals surface area contributed by atoms with Crippen LogP contribution < -0.4 is 0 Å². The van der Waals surface area contributed by atoms with Crippen LogP contribution in [-0.2, 0) is 24.5 Å². The summed E-state index contributed by atoms with van der Waals surface area (Å²) < 4.78 is 55.5. The highest BCUT2D eigenvalue weighted by atomic mass is 19.4. The number of hydrogen-bond donors (Lipinski definition) is 0. The smallest absolute Gasteiger partial charge is 0.420 e. The molecule has 7 nitrogen and oxygen atoms in total. The monoisotopic (exact) mass is 523 g/mol. The van der Waals surface area contributed by atoms with E-state index in [4.69, 9.17) is 9.15 Å². The summed E-state index contributed by atoms with van der Waals surface area (Å²) in [6.45, 7) is 3.60. The van der Waals surface area contributed by atoms with Gasteiger partial charge in [0.1, 0.15) is 23.2 Å². The molecule has 38 heavy (non-hydrogen) atoms. The number of ether oxygens (including phenoxy) is 1. The van der Waals surface area contributed by atoms with Crippen molar-refractivity contribution in [3.05, 3.63) is 65.2 Å². The fourth-order valence-corrected chi connectivity index (χ4v) is 6.04. The number of oxazole rings is 1. The summed E-state index contributed by atoms with van der Waals surface area (Å²) in [5.41, 5.74) is 1.85. The topological polar surface area (TPSA) is 69.2 Å². The van der Waals surface area contributed by atoms with Crippen LogP contribution in [0.15, 0.2) is 47.1 Å². The molecule has 1 aliphatic carbocycles. The van der Waals surface area contributed by atoms with E-state index in [0.29, 0.717) is 36.3 Å². The Bertz CT molecular complexity index is 1500. The fourth-order valence-electron chi connectivity index (χ4n) is 6.04. The Labute approximate surface area is 217 Å². The largest absolute Gasteiger partial charge is 0.435 e. The molecular formula is C28H28F3N5O2. The van der Waals surface area contributed by atoms with Crippen molar-refractivity contribution in [2.45, 2.75) is 37.9 Å². The van der Waals surface area contributed by atoms with Gasteiger partial charge in [0.15, 0.2) is 5.58 Å². The number of likely N-dealkylation sites (tertiary alicyclic amines) is 1. The van der Waals surface area contributed by atoms with Gasteiger partial charge in [-0.1, -0.05) is 12.1 Å². The van der Waals surface area contributed by atoms with Crippen molar-refractivity contribution in [2.75, 3.05) is 26.3 Å². The molecule has 4 aromatic rings. The molecule has 0 N–H and O–H groups in total. The van der Waals surface area contributed by atoms with Crippen LogP contribution in [0.3, 0.4) is 0 Å². The van der Waals surface area contributed by atoms with Gasteiger partial charge in [0, 0.05) is 31.6 Å². The van der Waals surface area contributed by atoms with E-state index >= 15 is 0 Å². The molecule has 10 heteroatoms. The standard InChI is InChI=1S/C28H28F3N5O2/c1-35-16-32-34-25(35)23(20-13-37-14-20)18-3-2-4-19(11-18)26-33-22-10-17(9-21(24(22)38-26)28(29,30)31)12-36-8-7-27(15-36)5-6-27/h2-4,9-11,16,20,23H,5-8,12-15H2,1H3/t23-/m0/s1. The number of hydrogen-bond acceptors (Lipinski definition) is 6. The fraction of sp³-hybridized carbons (Fsp3) is 0.464. The lowest BCUT2D eigenvalue weighted by Gasteiger charge is -2.33. The van der Waals surface area contributed by atoms with E-state index in [-0.39, 0.29) is 28.8 Å². The van der Waals surface area contributed by atoms with Gasteiger partial charge in [0.05, 0.1) is 19.1 Å². The minimum atomic E-state index is -4.55. The summed E-state index contributed by atoms with van der Waals surface area (Å²) in [6, 6.07) is 10.6. The average molecular weight is 524 g/mol. The van der Waals surface area contributed by atoms with Crippen LogP contribution in [-0.4, -0.2) is 51.0 Å². The molecule has 198 valence electrons. The van der Waals surface area contributed by atoms with Gasteiger partial charge in [0.2, 0.25) is 5.89 Å². The van der Waals surface area contributed by atoms with Crippen LogP contribution in [0.2, 0.25) is 0 Å². The van der Waals surface area contributed by atoms with E-state index in [1.807, 2.05) is 35.9 Å². The predicted octanol–water partition coefficient (Wildman–Crippen LogP) is 5.41. The van der Waals surface area contributed by atoms with Crippen molar-refractivity contribution in [3.63, 3.8) is 0 Å². The van der Waals surface area contributed by atoms with Crippen molar-refractivity contribution in [1.82, 2.24) is 24.6 Å². The maximum absolute atomic E-state index is 14.1. The Morgan fingerprint density at radius 3 is 2.63 bits per heavy atom. The first-order valence-electron chi connectivity index (χ1n) is 13.0. The summed E-state index contributed by atoms with van der Waals surface area (Å²) in [4.78, 5) is 6.81. The molecule has 1 atom stereocenters. The van der Waals surface area contributed by atoms with Gasteiger partial charge in [-0.25, -0.2) is 4.98 Å². The Morgan fingerprint density at radius 2 is 1.97 bits per heavy atom. The van der Waals surface area contributed by atoms with Crippen molar-refractivity contribution < 1.29 is 22.3 Å². The second-order valence-corrected chi connectivity index (χ2v) is 11.2. The molecule has 2 aromatic carbocycles. The first kappa shape index (κ1) is 23.8. The second-order valence-electron chi connectivity index (χ2n) is 11.2. The van der Waals surface area contributed by atoms with E-state index in [0.717, 1.165) is 30.9 Å². The zero-order valence-corrected chi connectivity index (χ0v) is 21.0. The third kappa shape index (κ3) is 4.19. The summed E-state index contributed by atoms with van der Waals surface area (Å²) in [5, 5.41) is 8.36. The Morgan fingerprint density at radius 1 is 1.13 bits per heavy atom. The van der Waals surface area contributed by atoms with Crippen molar-refractivity contribution in [2.24, 2.45) is 18.4 Å². The minimum Gasteiger partial charge on any atom is -0.435 e. The molecule has 0 amide bonds. The van der Waals surface area contributed by atoms with Crippen molar-refractivity contribution in [1.29, 1.82) is 0 Å². The molecule has 7 rings (SSSR count). The maximum Gasteiger partial charge on any atom is 0.420 e. The summed E-state index contributed by atoms with van der Waals surface area (Å²) in [5.74, 6) is 1.15. The molecule has 2 aliphatic heterocycles. The van der Waals surface area contributed by atoms with Gasteiger partial charge < -0.3 is 13.7 Å². The van der Waals surface area contributed by atoms with Crippen LogP contribution in [0.25, 0.3) is 22.6 Å². The number of fused-ring (bicyclic) bond motifs is 1. The predicted molar refractivity (Wildman–Crippen MR) is 133 cm³/mol. The van der Waals surface area contributed by atoms with E-state index in [1.54, 1.807) is 12.4 Å². The molecule has 0 bridgehead atoms. The quantitative estimate of drug-likeness (QED) is 0.337. The van der Waals surface area contributed by atoms with Crippen LogP contribution in [0.5, 0.6) is 0 Å². The number of aromatic nitrogens is 4. The van der Waals surface area contributed by atoms with Crippen LogP contribution in [0, 0.1) is 11.3 Å². The molecular weight excluding hydrogens is 495 g/mol. The van der Waals surface area contributed by atoms with Gasteiger partial charge in [-0.3, -0.25) is 4.90 Å². The molecule has 4 heterocycles. The Hall–Kier alpha value is -3.24. The number of aryl methyl sites for hydroxylation is 1. The van der Waals surface area contributed by atoms with Crippen LogP contribution >= 0.6 is 0 Å². The minimum absolute atomic E-state index is 0.0619. The number of halogens is 3. The number of benzene rings is 2. The normalized spacial score (nSPS) is 20.3. The second kappa shape index (κ2) is 8.64. The Kier molecular flexibility index (Phi) is 5.42. The van der Waals surface area contributed by atoms with Gasteiger partial charge >= 0.3 is 6.18 Å². The molecule has 3 aliphatic rings. The Balaban J connectivity index is 1.25. The molecule has 0 radical (unpaired) electrons.